The van der Waals surface area contributed by atoms with Crippen molar-refractivity contribution in [2.75, 3.05) is 41.7 Å². The number of benzene rings is 1. The first-order valence-electron chi connectivity index (χ1n) is 8.42. The van der Waals surface area contributed by atoms with Gasteiger partial charge in [0.05, 0.1) is 0 Å². The molecule has 0 radical (unpaired) electrons. The van der Waals surface area contributed by atoms with Gasteiger partial charge in [-0.3, -0.25) is 0 Å². The van der Waals surface area contributed by atoms with Crippen LogP contribution in [0, 0.1) is 11.6 Å². The Hall–Kier alpha value is -2.97. The van der Waals surface area contributed by atoms with Crippen LogP contribution >= 0.6 is 0 Å². The van der Waals surface area contributed by atoms with Crippen LogP contribution in [0.25, 0.3) is 0 Å². The van der Waals surface area contributed by atoms with Crippen LogP contribution in [0.5, 0.6) is 0 Å². The van der Waals surface area contributed by atoms with Gasteiger partial charge >= 0.3 is 6.03 Å². The van der Waals surface area contributed by atoms with Gasteiger partial charge in [-0.25, -0.2) is 23.5 Å². The fraction of sp³-hybridized carbons (Fsp3) is 0.353. The fourth-order valence-electron chi connectivity index (χ4n) is 2.68. The first-order valence-corrected chi connectivity index (χ1v) is 8.42. The Morgan fingerprint density at radius 2 is 1.88 bits per heavy atom. The highest BCUT2D eigenvalue weighted by Crippen LogP contribution is 2.19. The minimum Gasteiger partial charge on any atom is -0.368 e. The standard InChI is InChI=1S/C17H20F2N6O/c18-13-4-3-12(9-14(13)19)24-17(26)21-6-5-20-15-10-16(23-11-22-15)25-7-1-2-8-25/h3-4,9-11H,1-2,5-8H2,(H,20,22,23)(H2,21,24,26). The van der Waals surface area contributed by atoms with Crippen molar-refractivity contribution in [1.82, 2.24) is 15.3 Å². The molecule has 3 N–H and O–H groups in total. The number of urea groups is 1. The Labute approximate surface area is 149 Å². The molecule has 9 heteroatoms. The van der Waals surface area contributed by atoms with Crippen molar-refractivity contribution in [2.24, 2.45) is 0 Å². The van der Waals surface area contributed by atoms with E-state index in [4.69, 9.17) is 0 Å². The molecule has 1 aromatic heterocycles. The first-order chi connectivity index (χ1) is 12.6. The maximum Gasteiger partial charge on any atom is 0.319 e. The number of aromatic nitrogens is 2. The first kappa shape index (κ1) is 17.8. The van der Waals surface area contributed by atoms with Crippen molar-refractivity contribution in [3.05, 3.63) is 42.2 Å². The van der Waals surface area contributed by atoms with E-state index in [1.165, 1.54) is 25.2 Å². The molecule has 0 bridgehead atoms. The molecular weight excluding hydrogens is 342 g/mol. The molecule has 3 rings (SSSR count). The van der Waals surface area contributed by atoms with E-state index in [9.17, 15) is 13.6 Å². The van der Waals surface area contributed by atoms with E-state index >= 15 is 0 Å². The molecule has 2 aromatic rings. The molecule has 2 amide bonds. The quantitative estimate of drug-likeness (QED) is 0.688. The number of carbonyl (C=O) groups excluding carboxylic acids is 1. The van der Waals surface area contributed by atoms with Crippen molar-refractivity contribution < 1.29 is 13.6 Å². The molecule has 0 unspecified atom stereocenters. The lowest BCUT2D eigenvalue weighted by atomic mass is 10.3. The van der Waals surface area contributed by atoms with Gasteiger partial charge in [-0.15, -0.1) is 0 Å². The van der Waals surface area contributed by atoms with E-state index < -0.39 is 17.7 Å². The molecule has 1 aliphatic rings. The summed E-state index contributed by atoms with van der Waals surface area (Å²) in [5.41, 5.74) is 0.181. The van der Waals surface area contributed by atoms with Crippen molar-refractivity contribution in [3.8, 4) is 0 Å². The number of nitrogens with zero attached hydrogens (tertiary/aromatic N) is 3. The van der Waals surface area contributed by atoms with Crippen LogP contribution in [0.1, 0.15) is 12.8 Å². The smallest absolute Gasteiger partial charge is 0.319 e. The van der Waals surface area contributed by atoms with Crippen LogP contribution in [0.2, 0.25) is 0 Å². The third-order valence-electron chi connectivity index (χ3n) is 3.98. The number of amides is 2. The Balaban J connectivity index is 1.41. The van der Waals surface area contributed by atoms with Gasteiger partial charge in [-0.1, -0.05) is 0 Å². The topological polar surface area (TPSA) is 82.2 Å². The lowest BCUT2D eigenvalue weighted by Crippen LogP contribution is -2.32. The van der Waals surface area contributed by atoms with Crippen LogP contribution < -0.4 is 20.9 Å². The summed E-state index contributed by atoms with van der Waals surface area (Å²) in [6.45, 7) is 2.80. The van der Waals surface area contributed by atoms with Gasteiger partial charge < -0.3 is 20.9 Å². The Morgan fingerprint density at radius 3 is 2.65 bits per heavy atom. The molecule has 1 aliphatic heterocycles. The fourth-order valence-corrected chi connectivity index (χ4v) is 2.68. The van der Waals surface area contributed by atoms with Crippen molar-refractivity contribution in [1.29, 1.82) is 0 Å². The summed E-state index contributed by atoms with van der Waals surface area (Å²) < 4.78 is 25.9. The second kappa shape index (κ2) is 8.41. The Kier molecular flexibility index (Phi) is 5.77. The second-order valence-electron chi connectivity index (χ2n) is 5.89. The van der Waals surface area contributed by atoms with E-state index in [-0.39, 0.29) is 5.69 Å². The van der Waals surface area contributed by atoms with Crippen molar-refractivity contribution in [3.63, 3.8) is 0 Å². The SMILES string of the molecule is O=C(NCCNc1cc(N2CCCC2)ncn1)Nc1ccc(F)c(F)c1. The molecule has 1 aromatic carbocycles. The number of nitrogens with one attached hydrogen (secondary N) is 3. The minimum atomic E-state index is -1.01. The zero-order valence-corrected chi connectivity index (χ0v) is 14.1. The highest BCUT2D eigenvalue weighted by molar-refractivity contribution is 5.89. The predicted octanol–water partition coefficient (Wildman–Crippen LogP) is 2.59. The average molecular weight is 362 g/mol. The molecular formula is C17H20F2N6O. The summed E-state index contributed by atoms with van der Waals surface area (Å²) in [6.07, 6.45) is 3.85. The monoisotopic (exact) mass is 362 g/mol. The molecule has 0 saturated carbocycles. The maximum atomic E-state index is 13.1. The van der Waals surface area contributed by atoms with Crippen LogP contribution in [0.3, 0.4) is 0 Å². The van der Waals surface area contributed by atoms with Crippen LogP contribution in [0.4, 0.5) is 30.9 Å². The van der Waals surface area contributed by atoms with E-state index in [2.05, 4.69) is 30.8 Å². The van der Waals surface area contributed by atoms with E-state index in [1.807, 2.05) is 6.07 Å². The molecule has 7 nitrogen and oxygen atoms in total. The second-order valence-corrected chi connectivity index (χ2v) is 5.89. The highest BCUT2D eigenvalue weighted by Gasteiger charge is 2.13. The number of rotatable bonds is 6. The minimum absolute atomic E-state index is 0.181. The molecule has 0 atom stereocenters. The van der Waals surface area contributed by atoms with Gasteiger partial charge in [0, 0.05) is 44.0 Å². The van der Waals surface area contributed by atoms with Gasteiger partial charge in [0.2, 0.25) is 0 Å². The van der Waals surface area contributed by atoms with Crippen LogP contribution in [-0.4, -0.2) is 42.2 Å². The van der Waals surface area contributed by atoms with Crippen LogP contribution in [0.15, 0.2) is 30.6 Å². The summed E-state index contributed by atoms with van der Waals surface area (Å²) in [6, 6.07) is 4.55. The molecule has 1 fully saturated rings. The maximum absolute atomic E-state index is 13.1. The number of halogens is 2. The third-order valence-corrected chi connectivity index (χ3v) is 3.98. The largest absolute Gasteiger partial charge is 0.368 e. The lowest BCUT2D eigenvalue weighted by molar-refractivity contribution is 0.252. The molecule has 138 valence electrons. The van der Waals surface area contributed by atoms with Gasteiger partial charge in [0.1, 0.15) is 18.0 Å². The number of hydrogen-bond donors (Lipinski definition) is 3. The van der Waals surface area contributed by atoms with Crippen LogP contribution in [-0.2, 0) is 0 Å². The summed E-state index contributed by atoms with van der Waals surface area (Å²) in [5, 5.41) is 8.18. The normalized spacial score (nSPS) is 13.5. The summed E-state index contributed by atoms with van der Waals surface area (Å²) >= 11 is 0. The summed E-state index contributed by atoms with van der Waals surface area (Å²) in [4.78, 5) is 22.4. The zero-order chi connectivity index (χ0) is 18.4. The molecule has 26 heavy (non-hydrogen) atoms. The number of hydrogen-bond acceptors (Lipinski definition) is 5. The summed E-state index contributed by atoms with van der Waals surface area (Å²) in [7, 11) is 0. The zero-order valence-electron chi connectivity index (χ0n) is 14.1. The number of carbonyl (C=O) groups is 1. The van der Waals surface area contributed by atoms with Gasteiger partial charge in [0.15, 0.2) is 11.6 Å². The molecule has 0 aliphatic carbocycles. The number of anilines is 3. The van der Waals surface area contributed by atoms with Gasteiger partial charge in [0.25, 0.3) is 0 Å². The van der Waals surface area contributed by atoms with Gasteiger partial charge in [-0.05, 0) is 25.0 Å². The molecule has 1 saturated heterocycles. The van der Waals surface area contributed by atoms with Gasteiger partial charge in [-0.2, -0.15) is 0 Å². The predicted molar refractivity (Wildman–Crippen MR) is 95.3 cm³/mol. The van der Waals surface area contributed by atoms with Crippen molar-refractivity contribution in [2.45, 2.75) is 12.8 Å². The highest BCUT2D eigenvalue weighted by atomic mass is 19.2. The Morgan fingerprint density at radius 1 is 1.08 bits per heavy atom. The third kappa shape index (κ3) is 4.78. The van der Waals surface area contributed by atoms with Crippen molar-refractivity contribution >= 4 is 23.4 Å². The van der Waals surface area contributed by atoms with E-state index in [0.29, 0.717) is 18.9 Å². The summed E-state index contributed by atoms with van der Waals surface area (Å²) in [5.74, 6) is -0.394. The van der Waals surface area contributed by atoms with E-state index in [1.54, 1.807) is 0 Å². The Bertz CT molecular complexity index is 767. The molecule has 0 spiro atoms. The average Bonchev–Trinajstić information content (AvgIpc) is 3.17. The van der Waals surface area contributed by atoms with E-state index in [0.717, 1.165) is 31.0 Å². The lowest BCUT2D eigenvalue weighted by Gasteiger charge is -2.16. The molecule has 2 heterocycles.